The fourth-order valence-electron chi connectivity index (χ4n) is 1.57. The first-order chi connectivity index (χ1) is 7.66. The van der Waals surface area contributed by atoms with Crippen LogP contribution < -0.4 is 4.74 Å². The van der Waals surface area contributed by atoms with Crippen molar-refractivity contribution >= 4 is 5.97 Å². The molecule has 0 amide bonds. The van der Waals surface area contributed by atoms with Crippen molar-refractivity contribution in [3.8, 4) is 5.75 Å². The van der Waals surface area contributed by atoms with Crippen LogP contribution in [0.1, 0.15) is 25.0 Å². The zero-order valence-electron chi connectivity index (χ0n) is 9.05. The first kappa shape index (κ1) is 11.0. The number of carbonyl (C=O) groups is 1. The molecule has 0 aliphatic carbocycles. The Balaban J connectivity index is 2.02. The molecule has 0 saturated carbocycles. The molecule has 1 fully saturated rings. The molecule has 86 valence electrons. The van der Waals surface area contributed by atoms with E-state index >= 15 is 0 Å². The maximum Gasteiger partial charge on any atom is 0.347 e. The molecule has 1 aliphatic rings. The maximum absolute atomic E-state index is 11.2. The van der Waals surface area contributed by atoms with Crippen molar-refractivity contribution in [1.29, 1.82) is 0 Å². The van der Waals surface area contributed by atoms with Crippen LogP contribution in [0.15, 0.2) is 24.3 Å². The minimum Gasteiger partial charge on any atom is -0.479 e. The summed E-state index contributed by atoms with van der Waals surface area (Å²) < 4.78 is 10.3. The molecule has 1 unspecified atom stereocenters. The molecule has 1 aliphatic heterocycles. The number of rotatable bonds is 3. The third-order valence-corrected chi connectivity index (χ3v) is 2.53. The predicted molar refractivity (Wildman–Crippen MR) is 57.1 cm³/mol. The lowest BCUT2D eigenvalue weighted by molar-refractivity contribution is -0.143. The molecule has 1 aromatic rings. The number of hydrogen-bond acceptors (Lipinski definition) is 4. The Labute approximate surface area is 93.8 Å². The van der Waals surface area contributed by atoms with E-state index < -0.39 is 12.2 Å². The van der Waals surface area contributed by atoms with E-state index in [-0.39, 0.29) is 5.97 Å². The zero-order chi connectivity index (χ0) is 11.5. The van der Waals surface area contributed by atoms with Gasteiger partial charge in [0.2, 0.25) is 0 Å². The first-order valence-electron chi connectivity index (χ1n) is 5.28. The van der Waals surface area contributed by atoms with E-state index in [1.54, 1.807) is 31.2 Å². The van der Waals surface area contributed by atoms with E-state index in [1.165, 1.54) is 0 Å². The van der Waals surface area contributed by atoms with Crippen molar-refractivity contribution in [2.24, 2.45) is 0 Å². The molecule has 0 aromatic heterocycles. The lowest BCUT2D eigenvalue weighted by atomic mass is 10.1. The van der Waals surface area contributed by atoms with Gasteiger partial charge in [-0.3, -0.25) is 0 Å². The minimum atomic E-state index is -0.495. The quantitative estimate of drug-likeness (QED) is 0.786. The molecule has 2 rings (SSSR count). The molecule has 0 spiro atoms. The smallest absolute Gasteiger partial charge is 0.347 e. The van der Waals surface area contributed by atoms with Gasteiger partial charge in [0.25, 0.3) is 0 Å². The van der Waals surface area contributed by atoms with Gasteiger partial charge in [0.15, 0.2) is 6.10 Å². The number of esters is 1. The van der Waals surface area contributed by atoms with Gasteiger partial charge in [-0.05, 0) is 24.6 Å². The monoisotopic (exact) mass is 222 g/mol. The number of aliphatic hydroxyl groups excluding tert-OH is 1. The molecule has 4 nitrogen and oxygen atoms in total. The second-order valence-corrected chi connectivity index (χ2v) is 3.81. The van der Waals surface area contributed by atoms with E-state index in [9.17, 15) is 9.90 Å². The van der Waals surface area contributed by atoms with Crippen molar-refractivity contribution in [3.05, 3.63) is 29.8 Å². The highest BCUT2D eigenvalue weighted by Gasteiger charge is 2.28. The third-order valence-electron chi connectivity index (χ3n) is 2.53. The molecule has 1 aromatic carbocycles. The Bertz CT molecular complexity index is 369. The molecular weight excluding hydrogens is 208 g/mol. The predicted octanol–water partition coefficient (Wildman–Crippen LogP) is 1.43. The maximum atomic E-state index is 11.2. The number of benzene rings is 1. The molecule has 1 saturated heterocycles. The van der Waals surface area contributed by atoms with Crippen LogP contribution in [0.3, 0.4) is 0 Å². The summed E-state index contributed by atoms with van der Waals surface area (Å²) in [4.78, 5) is 11.2. The van der Waals surface area contributed by atoms with Crippen LogP contribution in [0.4, 0.5) is 0 Å². The minimum absolute atomic E-state index is 0.306. The van der Waals surface area contributed by atoms with Gasteiger partial charge in [0.1, 0.15) is 5.75 Å². The molecular formula is C12H14O4. The van der Waals surface area contributed by atoms with Crippen LogP contribution in [0, 0.1) is 0 Å². The molecule has 0 radical (unpaired) electrons. The first-order valence-corrected chi connectivity index (χ1v) is 5.28. The normalized spacial score (nSPS) is 21.6. The van der Waals surface area contributed by atoms with Crippen molar-refractivity contribution in [2.45, 2.75) is 25.6 Å². The summed E-state index contributed by atoms with van der Waals surface area (Å²) in [6.45, 7) is 2.12. The number of cyclic esters (lactones) is 1. The summed E-state index contributed by atoms with van der Waals surface area (Å²) in [6.07, 6.45) is -0.389. The Morgan fingerprint density at radius 2 is 2.12 bits per heavy atom. The van der Waals surface area contributed by atoms with E-state index in [0.29, 0.717) is 18.8 Å². The Morgan fingerprint density at radius 1 is 1.44 bits per heavy atom. The van der Waals surface area contributed by atoms with Crippen LogP contribution in [0.2, 0.25) is 0 Å². The Morgan fingerprint density at radius 3 is 2.62 bits per heavy atom. The third kappa shape index (κ3) is 2.33. The van der Waals surface area contributed by atoms with Gasteiger partial charge < -0.3 is 14.6 Å². The van der Waals surface area contributed by atoms with Gasteiger partial charge in [-0.15, -0.1) is 0 Å². The SMILES string of the molecule is C[C@H](O)c1ccc(OC2CCOC2=O)cc1. The van der Waals surface area contributed by atoms with Crippen LogP contribution in [0.25, 0.3) is 0 Å². The van der Waals surface area contributed by atoms with Gasteiger partial charge in [-0.1, -0.05) is 12.1 Å². The molecule has 0 bridgehead atoms. The van der Waals surface area contributed by atoms with Gasteiger partial charge in [-0.2, -0.15) is 0 Å². The number of aliphatic hydroxyl groups is 1. The fourth-order valence-corrected chi connectivity index (χ4v) is 1.57. The van der Waals surface area contributed by atoms with Crippen molar-refractivity contribution in [3.63, 3.8) is 0 Å². The largest absolute Gasteiger partial charge is 0.479 e. The second kappa shape index (κ2) is 4.53. The molecule has 4 heteroatoms. The highest BCUT2D eigenvalue weighted by atomic mass is 16.6. The summed E-state index contributed by atoms with van der Waals surface area (Å²) in [5.74, 6) is 0.313. The van der Waals surface area contributed by atoms with E-state index in [2.05, 4.69) is 0 Å². The standard InChI is InChI=1S/C12H14O4/c1-8(13)9-2-4-10(5-3-9)16-11-6-7-15-12(11)14/h2-5,8,11,13H,6-7H2,1H3/t8-,11?/m0/s1. The number of hydrogen-bond donors (Lipinski definition) is 1. The summed E-state index contributed by atoms with van der Waals surface area (Å²) in [5, 5.41) is 9.33. The van der Waals surface area contributed by atoms with E-state index in [1.807, 2.05) is 0 Å². The van der Waals surface area contributed by atoms with Gasteiger partial charge >= 0.3 is 5.97 Å². The van der Waals surface area contributed by atoms with Gasteiger partial charge in [-0.25, -0.2) is 4.79 Å². The van der Waals surface area contributed by atoms with Crippen molar-refractivity contribution in [1.82, 2.24) is 0 Å². The lowest BCUT2D eigenvalue weighted by Gasteiger charge is -2.11. The van der Waals surface area contributed by atoms with Gasteiger partial charge in [0.05, 0.1) is 12.7 Å². The fraction of sp³-hybridized carbons (Fsp3) is 0.417. The van der Waals surface area contributed by atoms with E-state index in [0.717, 1.165) is 5.56 Å². The Kier molecular flexibility index (Phi) is 3.10. The topological polar surface area (TPSA) is 55.8 Å². The summed E-state index contributed by atoms with van der Waals surface area (Å²) in [7, 11) is 0. The van der Waals surface area contributed by atoms with Crippen LogP contribution >= 0.6 is 0 Å². The van der Waals surface area contributed by atoms with Crippen molar-refractivity contribution in [2.75, 3.05) is 6.61 Å². The lowest BCUT2D eigenvalue weighted by Crippen LogP contribution is -2.21. The van der Waals surface area contributed by atoms with E-state index in [4.69, 9.17) is 9.47 Å². The highest BCUT2D eigenvalue weighted by molar-refractivity contribution is 5.76. The number of ether oxygens (including phenoxy) is 2. The summed E-state index contributed by atoms with van der Waals surface area (Å²) >= 11 is 0. The average molecular weight is 222 g/mol. The number of carbonyl (C=O) groups excluding carboxylic acids is 1. The highest BCUT2D eigenvalue weighted by Crippen LogP contribution is 2.20. The van der Waals surface area contributed by atoms with Crippen LogP contribution in [-0.4, -0.2) is 23.8 Å². The molecule has 1 N–H and O–H groups in total. The molecule has 1 heterocycles. The Hall–Kier alpha value is -1.55. The van der Waals surface area contributed by atoms with Crippen molar-refractivity contribution < 1.29 is 19.4 Å². The second-order valence-electron chi connectivity index (χ2n) is 3.81. The summed E-state index contributed by atoms with van der Waals surface area (Å²) in [5.41, 5.74) is 0.821. The van der Waals surface area contributed by atoms with Crippen LogP contribution in [0.5, 0.6) is 5.75 Å². The van der Waals surface area contributed by atoms with Crippen LogP contribution in [-0.2, 0) is 9.53 Å². The molecule has 16 heavy (non-hydrogen) atoms. The van der Waals surface area contributed by atoms with Gasteiger partial charge in [0, 0.05) is 6.42 Å². The summed E-state index contributed by atoms with van der Waals surface area (Å²) in [6, 6.07) is 7.04. The zero-order valence-corrected chi connectivity index (χ0v) is 9.05. The average Bonchev–Trinajstić information content (AvgIpc) is 2.65. The molecule has 2 atom stereocenters.